The summed E-state index contributed by atoms with van der Waals surface area (Å²) in [6.07, 6.45) is 5.96. The third-order valence-electron chi connectivity index (χ3n) is 3.88. The van der Waals surface area contributed by atoms with E-state index in [0.717, 1.165) is 30.0 Å². The molecule has 0 aromatic carbocycles. The third-order valence-corrected chi connectivity index (χ3v) is 6.04. The normalized spacial score (nSPS) is 17.4. The number of likely N-dealkylation sites (N-methyl/N-ethyl adjacent to an activating group) is 2. The Balaban J connectivity index is 2.51. The summed E-state index contributed by atoms with van der Waals surface area (Å²) in [5.74, 6) is 0.171. The number of halogens is 1. The molecule has 1 amide bonds. The second-order valence-electron chi connectivity index (χ2n) is 5.41. The van der Waals surface area contributed by atoms with Crippen molar-refractivity contribution in [2.75, 3.05) is 32.3 Å². The zero-order valence-corrected chi connectivity index (χ0v) is 13.9. The summed E-state index contributed by atoms with van der Waals surface area (Å²) in [6, 6.07) is 0.259. The molecular formula is C13H25ClN2O3S. The predicted molar refractivity (Wildman–Crippen MR) is 81.4 cm³/mol. The smallest absolute Gasteiger partial charge is 0.237 e. The lowest BCUT2D eigenvalue weighted by Crippen LogP contribution is -2.45. The molecule has 0 aromatic rings. The van der Waals surface area contributed by atoms with Gasteiger partial charge in [-0.15, -0.1) is 11.6 Å². The van der Waals surface area contributed by atoms with Gasteiger partial charge in [-0.25, -0.2) is 8.42 Å². The van der Waals surface area contributed by atoms with Gasteiger partial charge in [0.1, 0.15) is 0 Å². The minimum Gasteiger partial charge on any atom is -0.342 e. The van der Waals surface area contributed by atoms with Gasteiger partial charge in [0, 0.05) is 26.0 Å². The molecule has 20 heavy (non-hydrogen) atoms. The van der Waals surface area contributed by atoms with Crippen molar-refractivity contribution in [3.63, 3.8) is 0 Å². The van der Waals surface area contributed by atoms with Crippen LogP contribution in [0.4, 0.5) is 0 Å². The van der Waals surface area contributed by atoms with Crippen LogP contribution in [0.5, 0.6) is 0 Å². The van der Waals surface area contributed by atoms with Crippen LogP contribution in [0.15, 0.2) is 0 Å². The monoisotopic (exact) mass is 324 g/mol. The number of sulfonamides is 1. The zero-order chi connectivity index (χ0) is 15.2. The summed E-state index contributed by atoms with van der Waals surface area (Å²) in [4.78, 5) is 13.9. The highest BCUT2D eigenvalue weighted by molar-refractivity contribution is 7.89. The average molecular weight is 325 g/mol. The van der Waals surface area contributed by atoms with Gasteiger partial charge in [0.15, 0.2) is 0 Å². The van der Waals surface area contributed by atoms with E-state index in [1.807, 2.05) is 0 Å². The highest BCUT2D eigenvalue weighted by Gasteiger charge is 2.26. The summed E-state index contributed by atoms with van der Waals surface area (Å²) < 4.78 is 25.0. The van der Waals surface area contributed by atoms with Crippen LogP contribution in [0, 0.1) is 0 Å². The number of alkyl halides is 1. The molecule has 0 aliphatic heterocycles. The van der Waals surface area contributed by atoms with Crippen LogP contribution in [-0.4, -0.2) is 61.8 Å². The van der Waals surface area contributed by atoms with E-state index in [1.165, 1.54) is 13.5 Å². The van der Waals surface area contributed by atoms with E-state index in [0.29, 0.717) is 12.3 Å². The second-order valence-corrected chi connectivity index (χ2v) is 7.98. The van der Waals surface area contributed by atoms with Crippen molar-refractivity contribution in [1.29, 1.82) is 0 Å². The van der Waals surface area contributed by atoms with Crippen molar-refractivity contribution in [2.45, 2.75) is 44.6 Å². The van der Waals surface area contributed by atoms with Crippen LogP contribution in [0.3, 0.4) is 0 Å². The van der Waals surface area contributed by atoms with E-state index < -0.39 is 10.0 Å². The molecule has 1 aliphatic carbocycles. The fraction of sp³-hybridized carbons (Fsp3) is 0.923. The number of nitrogens with zero attached hydrogens (tertiary/aromatic N) is 2. The van der Waals surface area contributed by atoms with Gasteiger partial charge in [0.2, 0.25) is 15.9 Å². The molecule has 0 aromatic heterocycles. The zero-order valence-electron chi connectivity index (χ0n) is 12.3. The van der Waals surface area contributed by atoms with Crippen molar-refractivity contribution in [3.8, 4) is 0 Å². The maximum Gasteiger partial charge on any atom is 0.237 e. The molecule has 0 radical (unpaired) electrons. The minimum absolute atomic E-state index is 0.00652. The predicted octanol–water partition coefficient (Wildman–Crippen LogP) is 1.67. The van der Waals surface area contributed by atoms with E-state index in [-0.39, 0.29) is 24.2 Å². The quantitative estimate of drug-likeness (QED) is 0.669. The lowest BCUT2D eigenvalue weighted by Gasteiger charge is -2.32. The molecule has 118 valence electrons. The van der Waals surface area contributed by atoms with E-state index in [4.69, 9.17) is 11.6 Å². The molecule has 1 fully saturated rings. The first-order valence-electron chi connectivity index (χ1n) is 7.14. The summed E-state index contributed by atoms with van der Waals surface area (Å²) >= 11 is 5.51. The second kappa shape index (κ2) is 8.20. The standard InChI is InChI=1S/C13H25ClN2O3S/c1-15(20(18,19)10-6-9-14)11-13(17)16(2)12-7-4-3-5-8-12/h12H,3-11H2,1-2H3. The first-order chi connectivity index (χ1) is 9.38. The molecular weight excluding hydrogens is 300 g/mol. The fourth-order valence-corrected chi connectivity index (χ4v) is 3.89. The Bertz CT molecular complexity index is 408. The highest BCUT2D eigenvalue weighted by Crippen LogP contribution is 2.21. The van der Waals surface area contributed by atoms with Gasteiger partial charge in [-0.1, -0.05) is 19.3 Å². The SMILES string of the molecule is CN(C(=O)CN(C)S(=O)(=O)CCCCl)C1CCCCC1. The lowest BCUT2D eigenvalue weighted by atomic mass is 9.94. The van der Waals surface area contributed by atoms with E-state index in [2.05, 4.69) is 0 Å². The Morgan fingerprint density at radius 3 is 2.35 bits per heavy atom. The van der Waals surface area contributed by atoms with Gasteiger partial charge in [-0.3, -0.25) is 4.79 Å². The first-order valence-corrected chi connectivity index (χ1v) is 9.28. The molecule has 0 bridgehead atoms. The Morgan fingerprint density at radius 1 is 1.20 bits per heavy atom. The van der Waals surface area contributed by atoms with Crippen LogP contribution < -0.4 is 0 Å². The maximum absolute atomic E-state index is 12.2. The van der Waals surface area contributed by atoms with E-state index in [9.17, 15) is 13.2 Å². The van der Waals surface area contributed by atoms with Crippen LogP contribution in [0.1, 0.15) is 38.5 Å². The number of rotatable bonds is 7. The summed E-state index contributed by atoms with van der Waals surface area (Å²) in [5.41, 5.74) is 0. The summed E-state index contributed by atoms with van der Waals surface area (Å²) in [6.45, 7) is -0.0857. The molecule has 0 unspecified atom stereocenters. The molecule has 0 saturated heterocycles. The van der Waals surface area contributed by atoms with Crippen molar-refractivity contribution < 1.29 is 13.2 Å². The van der Waals surface area contributed by atoms with Crippen molar-refractivity contribution in [2.24, 2.45) is 0 Å². The van der Waals surface area contributed by atoms with Gasteiger partial charge in [0.05, 0.1) is 12.3 Å². The van der Waals surface area contributed by atoms with Gasteiger partial charge >= 0.3 is 0 Å². The number of hydrogen-bond acceptors (Lipinski definition) is 3. The van der Waals surface area contributed by atoms with E-state index in [1.54, 1.807) is 11.9 Å². The summed E-state index contributed by atoms with van der Waals surface area (Å²) in [5, 5.41) is 0. The van der Waals surface area contributed by atoms with Crippen LogP contribution in [-0.2, 0) is 14.8 Å². The first kappa shape index (κ1) is 17.7. The lowest BCUT2D eigenvalue weighted by molar-refractivity contribution is -0.132. The van der Waals surface area contributed by atoms with Crippen LogP contribution in [0.25, 0.3) is 0 Å². The topological polar surface area (TPSA) is 57.7 Å². The molecule has 7 heteroatoms. The number of carbonyl (C=O) groups is 1. The third kappa shape index (κ3) is 5.22. The Kier molecular flexibility index (Phi) is 7.26. The molecule has 0 spiro atoms. The molecule has 1 aliphatic rings. The minimum atomic E-state index is -3.38. The van der Waals surface area contributed by atoms with Gasteiger partial charge in [0.25, 0.3) is 0 Å². The van der Waals surface area contributed by atoms with Crippen molar-refractivity contribution >= 4 is 27.5 Å². The number of hydrogen-bond donors (Lipinski definition) is 0. The average Bonchev–Trinajstić information content (AvgIpc) is 2.45. The number of amides is 1. The Morgan fingerprint density at radius 2 is 1.80 bits per heavy atom. The fourth-order valence-electron chi connectivity index (χ4n) is 2.47. The van der Waals surface area contributed by atoms with Gasteiger partial charge < -0.3 is 4.90 Å². The maximum atomic E-state index is 12.2. The van der Waals surface area contributed by atoms with Crippen molar-refractivity contribution in [3.05, 3.63) is 0 Å². The van der Waals surface area contributed by atoms with Crippen molar-refractivity contribution in [1.82, 2.24) is 9.21 Å². The summed E-state index contributed by atoms with van der Waals surface area (Å²) in [7, 11) is -0.150. The Labute approximate surface area is 127 Å². The molecule has 5 nitrogen and oxygen atoms in total. The van der Waals surface area contributed by atoms with Gasteiger partial charge in [-0.05, 0) is 19.3 Å². The van der Waals surface area contributed by atoms with Crippen LogP contribution >= 0.6 is 11.6 Å². The molecule has 0 atom stereocenters. The highest BCUT2D eigenvalue weighted by atomic mass is 35.5. The Hall–Kier alpha value is -0.330. The van der Waals surface area contributed by atoms with Gasteiger partial charge in [-0.2, -0.15) is 4.31 Å². The molecule has 1 rings (SSSR count). The molecule has 0 heterocycles. The largest absolute Gasteiger partial charge is 0.342 e. The molecule has 1 saturated carbocycles. The van der Waals surface area contributed by atoms with Crippen LogP contribution in [0.2, 0.25) is 0 Å². The van der Waals surface area contributed by atoms with E-state index >= 15 is 0 Å². The molecule has 0 N–H and O–H groups in total. The number of carbonyl (C=O) groups excluding carboxylic acids is 1.